The number of benzene rings is 1. The average molecular weight is 483 g/mol. The fourth-order valence-electron chi connectivity index (χ4n) is 3.64. The smallest absolute Gasteiger partial charge is 0.325 e. The number of pyridine rings is 1. The number of fused-ring (bicyclic) bond motifs is 1. The molecule has 0 radical (unpaired) electrons. The van der Waals surface area contributed by atoms with Crippen molar-refractivity contribution in [1.82, 2.24) is 19.9 Å². The number of esters is 1. The maximum atomic E-state index is 13.8. The second kappa shape index (κ2) is 10.0. The number of aromatic nitrogens is 3. The van der Waals surface area contributed by atoms with Crippen LogP contribution in [0, 0.1) is 12.7 Å². The van der Waals surface area contributed by atoms with Crippen LogP contribution in [0.1, 0.15) is 21.1 Å². The van der Waals surface area contributed by atoms with E-state index in [0.717, 1.165) is 22.0 Å². The van der Waals surface area contributed by atoms with Crippen LogP contribution in [0.5, 0.6) is 5.88 Å². The summed E-state index contributed by atoms with van der Waals surface area (Å²) in [4.78, 5) is 39.5. The zero-order valence-corrected chi connectivity index (χ0v) is 19.7. The third-order valence-electron chi connectivity index (χ3n) is 5.36. The summed E-state index contributed by atoms with van der Waals surface area (Å²) < 4.78 is 23.7. The Morgan fingerprint density at radius 2 is 2.03 bits per heavy atom. The van der Waals surface area contributed by atoms with Gasteiger partial charge < -0.3 is 19.4 Å². The van der Waals surface area contributed by atoms with Crippen molar-refractivity contribution in [3.05, 3.63) is 64.8 Å². The first-order chi connectivity index (χ1) is 16.4. The number of aromatic amines is 1. The maximum Gasteiger partial charge on any atom is 0.325 e. The predicted molar refractivity (Wildman–Crippen MR) is 127 cm³/mol. The van der Waals surface area contributed by atoms with E-state index in [0.29, 0.717) is 22.2 Å². The summed E-state index contributed by atoms with van der Waals surface area (Å²) in [5.74, 6) is -0.823. The van der Waals surface area contributed by atoms with Crippen molar-refractivity contribution in [3.8, 4) is 16.3 Å². The highest BCUT2D eigenvalue weighted by molar-refractivity contribution is 7.15. The fourth-order valence-corrected chi connectivity index (χ4v) is 4.54. The fraction of sp³-hybridized carbons (Fsp3) is 0.250. The summed E-state index contributed by atoms with van der Waals surface area (Å²) in [7, 11) is 2.80. The van der Waals surface area contributed by atoms with E-state index in [9.17, 15) is 14.0 Å². The number of carbonyl (C=O) groups excluding carboxylic acids is 2. The zero-order valence-electron chi connectivity index (χ0n) is 18.9. The maximum absolute atomic E-state index is 13.8. The number of nitrogens with one attached hydrogen (secondary N) is 1. The number of methoxy groups -OCH3 is 2. The van der Waals surface area contributed by atoms with Crippen molar-refractivity contribution in [2.75, 3.05) is 27.3 Å². The number of hydrogen-bond donors (Lipinski definition) is 1. The summed E-state index contributed by atoms with van der Waals surface area (Å²) in [6, 6.07) is 8.02. The van der Waals surface area contributed by atoms with Crippen molar-refractivity contribution in [3.63, 3.8) is 0 Å². The van der Waals surface area contributed by atoms with E-state index in [1.165, 1.54) is 42.6 Å². The van der Waals surface area contributed by atoms with Crippen LogP contribution in [0.2, 0.25) is 0 Å². The summed E-state index contributed by atoms with van der Waals surface area (Å²) in [6.07, 6.45) is 3.81. The Morgan fingerprint density at radius 1 is 1.21 bits per heavy atom. The van der Waals surface area contributed by atoms with Gasteiger partial charge in [-0.3, -0.25) is 9.59 Å². The molecule has 0 saturated carbocycles. The number of nitrogens with zero attached hydrogens (tertiary/aromatic N) is 3. The molecule has 3 aromatic heterocycles. The molecule has 176 valence electrons. The molecule has 3 heterocycles. The van der Waals surface area contributed by atoms with Crippen molar-refractivity contribution in [2.45, 2.75) is 13.3 Å². The van der Waals surface area contributed by atoms with E-state index in [1.54, 1.807) is 30.6 Å². The van der Waals surface area contributed by atoms with Crippen molar-refractivity contribution in [1.29, 1.82) is 0 Å². The van der Waals surface area contributed by atoms with E-state index >= 15 is 0 Å². The summed E-state index contributed by atoms with van der Waals surface area (Å²) in [5.41, 5.74) is 2.60. The van der Waals surface area contributed by atoms with Crippen molar-refractivity contribution < 1.29 is 23.5 Å². The van der Waals surface area contributed by atoms with Crippen LogP contribution in [0.25, 0.3) is 21.3 Å². The second-order valence-corrected chi connectivity index (χ2v) is 8.76. The van der Waals surface area contributed by atoms with Gasteiger partial charge in [0.25, 0.3) is 5.91 Å². The third kappa shape index (κ3) is 4.91. The number of H-pyrrole nitrogens is 1. The van der Waals surface area contributed by atoms with Gasteiger partial charge in [-0.2, -0.15) is 0 Å². The molecule has 0 aliphatic carbocycles. The van der Waals surface area contributed by atoms with Gasteiger partial charge in [0.2, 0.25) is 5.88 Å². The standard InChI is InChI=1S/C24H23FN4O4S/c1-14-28-22(23(34-14)16-4-7-20(32-2)27-12-16)24(31)29(13-21(30)33-3)9-8-15-11-26-19-6-5-17(25)10-18(15)19/h4-7,10-12,26H,8-9,13H2,1-3H3. The van der Waals surface area contributed by atoms with Crippen LogP contribution >= 0.6 is 11.3 Å². The number of ether oxygens (including phenoxy) is 2. The number of carbonyl (C=O) groups is 2. The lowest BCUT2D eigenvalue weighted by Gasteiger charge is -2.21. The zero-order chi connectivity index (χ0) is 24.2. The molecular formula is C24H23FN4O4S. The van der Waals surface area contributed by atoms with Crippen LogP contribution in [0.4, 0.5) is 4.39 Å². The topological polar surface area (TPSA) is 97.4 Å². The molecule has 1 amide bonds. The van der Waals surface area contributed by atoms with Gasteiger partial charge in [0.15, 0.2) is 0 Å². The number of halogens is 1. The highest BCUT2D eigenvalue weighted by Crippen LogP contribution is 2.31. The van der Waals surface area contributed by atoms with E-state index in [-0.39, 0.29) is 24.6 Å². The molecule has 0 aliphatic rings. The molecule has 4 rings (SSSR count). The summed E-state index contributed by atoms with van der Waals surface area (Å²) in [6.45, 7) is 1.80. The number of hydrogen-bond acceptors (Lipinski definition) is 7. The van der Waals surface area contributed by atoms with Gasteiger partial charge in [0, 0.05) is 41.5 Å². The van der Waals surface area contributed by atoms with Crippen molar-refractivity contribution >= 4 is 34.1 Å². The molecule has 0 aliphatic heterocycles. The Balaban J connectivity index is 1.62. The molecule has 0 unspecified atom stereocenters. The first-order valence-electron chi connectivity index (χ1n) is 10.5. The monoisotopic (exact) mass is 482 g/mol. The van der Waals surface area contributed by atoms with Gasteiger partial charge in [-0.25, -0.2) is 14.4 Å². The molecule has 0 bridgehead atoms. The Bertz CT molecular complexity index is 1330. The van der Waals surface area contributed by atoms with Crippen LogP contribution in [0.15, 0.2) is 42.7 Å². The normalized spacial score (nSPS) is 10.9. The minimum Gasteiger partial charge on any atom is -0.481 e. The molecular weight excluding hydrogens is 459 g/mol. The van der Waals surface area contributed by atoms with Crippen LogP contribution in [0.3, 0.4) is 0 Å². The van der Waals surface area contributed by atoms with Gasteiger partial charge in [-0.05, 0) is 43.2 Å². The van der Waals surface area contributed by atoms with Gasteiger partial charge in [0.1, 0.15) is 18.1 Å². The van der Waals surface area contributed by atoms with Gasteiger partial charge in [0.05, 0.1) is 24.1 Å². The van der Waals surface area contributed by atoms with E-state index < -0.39 is 11.9 Å². The Kier molecular flexibility index (Phi) is 6.87. The first kappa shape index (κ1) is 23.4. The molecule has 1 N–H and O–H groups in total. The highest BCUT2D eigenvalue weighted by atomic mass is 32.1. The van der Waals surface area contributed by atoms with Crippen LogP contribution < -0.4 is 4.74 Å². The highest BCUT2D eigenvalue weighted by Gasteiger charge is 2.26. The summed E-state index contributed by atoms with van der Waals surface area (Å²) in [5, 5.41) is 1.44. The molecule has 0 atom stereocenters. The lowest BCUT2D eigenvalue weighted by atomic mass is 10.1. The largest absolute Gasteiger partial charge is 0.481 e. The van der Waals surface area contributed by atoms with Crippen LogP contribution in [-0.2, 0) is 16.0 Å². The Morgan fingerprint density at radius 3 is 2.74 bits per heavy atom. The Hall–Kier alpha value is -3.79. The molecule has 1 aromatic carbocycles. The molecule has 10 heteroatoms. The number of rotatable bonds is 8. The predicted octanol–water partition coefficient (Wildman–Crippen LogP) is 4.00. The van der Waals surface area contributed by atoms with Gasteiger partial charge in [-0.15, -0.1) is 11.3 Å². The van der Waals surface area contributed by atoms with E-state index in [2.05, 4.69) is 15.0 Å². The average Bonchev–Trinajstić information content (AvgIpc) is 3.44. The lowest BCUT2D eigenvalue weighted by molar-refractivity contribution is -0.141. The number of thiazole rings is 1. The quantitative estimate of drug-likeness (QED) is 0.381. The van der Waals surface area contributed by atoms with Crippen molar-refractivity contribution in [2.24, 2.45) is 0 Å². The van der Waals surface area contributed by atoms with E-state index in [4.69, 9.17) is 9.47 Å². The van der Waals surface area contributed by atoms with Gasteiger partial charge >= 0.3 is 5.97 Å². The second-order valence-electron chi connectivity index (χ2n) is 7.56. The number of aryl methyl sites for hydroxylation is 1. The molecule has 0 saturated heterocycles. The molecule has 8 nitrogen and oxygen atoms in total. The lowest BCUT2D eigenvalue weighted by Crippen LogP contribution is -2.38. The first-order valence-corrected chi connectivity index (χ1v) is 11.3. The minimum absolute atomic E-state index is 0.217. The molecule has 0 fully saturated rings. The van der Waals surface area contributed by atoms with E-state index in [1.807, 2.05) is 6.92 Å². The SMILES string of the molecule is COC(=O)CN(CCc1c[nH]c2ccc(F)cc12)C(=O)c1nc(C)sc1-c1ccc(OC)nc1. The Labute approximate surface area is 199 Å². The molecule has 4 aromatic rings. The molecule has 0 spiro atoms. The number of amides is 1. The third-order valence-corrected chi connectivity index (χ3v) is 6.38. The van der Waals surface area contributed by atoms with Crippen LogP contribution in [-0.4, -0.2) is 59.0 Å². The summed E-state index contributed by atoms with van der Waals surface area (Å²) >= 11 is 1.37. The van der Waals surface area contributed by atoms with Gasteiger partial charge in [-0.1, -0.05) is 0 Å². The minimum atomic E-state index is -0.544. The molecule has 34 heavy (non-hydrogen) atoms.